The molecule has 0 fully saturated rings. The van der Waals surface area contributed by atoms with E-state index in [9.17, 15) is 4.79 Å². The first-order valence-electron chi connectivity index (χ1n) is 7.62. The van der Waals surface area contributed by atoms with Crippen LogP contribution in [0.4, 0.5) is 11.4 Å². The summed E-state index contributed by atoms with van der Waals surface area (Å²) in [4.78, 5) is 14.2. The third-order valence-electron chi connectivity index (χ3n) is 3.80. The number of nitrogens with two attached hydrogens (primary N) is 1. The zero-order valence-corrected chi connectivity index (χ0v) is 14.9. The number of amides is 1. The quantitative estimate of drug-likeness (QED) is 0.709. The van der Waals surface area contributed by atoms with Crippen LogP contribution in [0, 0.1) is 0 Å². The molecule has 0 aliphatic rings. The number of nitrogen functional groups attached to an aromatic ring is 1. The zero-order chi connectivity index (χ0) is 17.4. The Morgan fingerprint density at radius 2 is 2.12 bits per heavy atom. The van der Waals surface area contributed by atoms with Crippen molar-refractivity contribution >= 4 is 38.8 Å². The highest BCUT2D eigenvalue weighted by molar-refractivity contribution is 7.20. The number of aryl methyl sites for hydroxylation is 1. The van der Waals surface area contributed by atoms with E-state index in [1.54, 1.807) is 25.3 Å². The van der Waals surface area contributed by atoms with Crippen molar-refractivity contribution < 1.29 is 9.53 Å². The molecule has 3 N–H and O–H groups in total. The summed E-state index contributed by atoms with van der Waals surface area (Å²) in [7, 11) is 3.46. The summed E-state index contributed by atoms with van der Waals surface area (Å²) >= 11 is 1.43. The Morgan fingerprint density at radius 1 is 1.38 bits per heavy atom. The monoisotopic (exact) mass is 344 g/mol. The normalized spacial score (nSPS) is 11.2. The van der Waals surface area contributed by atoms with Gasteiger partial charge in [-0.2, -0.15) is 5.10 Å². The third kappa shape index (κ3) is 2.82. The predicted molar refractivity (Wildman–Crippen MR) is 98.0 cm³/mol. The Hall–Kier alpha value is -2.54. The fraction of sp³-hybridized carbons (Fsp3) is 0.294. The fourth-order valence-corrected chi connectivity index (χ4v) is 3.58. The summed E-state index contributed by atoms with van der Waals surface area (Å²) in [6, 6.07) is 7.09. The first kappa shape index (κ1) is 16.3. The molecule has 3 rings (SSSR count). The summed E-state index contributed by atoms with van der Waals surface area (Å²) in [5.74, 6) is 0.735. The lowest BCUT2D eigenvalue weighted by Gasteiger charge is -2.08. The molecule has 2 heterocycles. The maximum absolute atomic E-state index is 12.5. The van der Waals surface area contributed by atoms with Gasteiger partial charge in [0.15, 0.2) is 0 Å². The maximum atomic E-state index is 12.5. The number of fused-ring (bicyclic) bond motifs is 1. The Kier molecular flexibility index (Phi) is 4.19. The number of rotatable bonds is 4. The topological polar surface area (TPSA) is 82.2 Å². The Morgan fingerprint density at radius 3 is 2.75 bits per heavy atom. The van der Waals surface area contributed by atoms with E-state index in [0.717, 1.165) is 15.9 Å². The molecule has 0 aliphatic heterocycles. The molecule has 0 saturated carbocycles. The smallest absolute Gasteiger partial charge is 0.265 e. The SMILES string of the molecule is COc1ccc(NC(=O)c2cc3c(C(C)C)nn(C)c3s2)cc1N. The van der Waals surface area contributed by atoms with Crippen molar-refractivity contribution in [1.29, 1.82) is 0 Å². The molecule has 0 saturated heterocycles. The van der Waals surface area contributed by atoms with Gasteiger partial charge in [-0.1, -0.05) is 13.8 Å². The van der Waals surface area contributed by atoms with Crippen LogP contribution in [0.5, 0.6) is 5.75 Å². The van der Waals surface area contributed by atoms with Gasteiger partial charge in [0.05, 0.1) is 23.4 Å². The first-order valence-corrected chi connectivity index (χ1v) is 8.43. The van der Waals surface area contributed by atoms with E-state index in [4.69, 9.17) is 10.5 Å². The number of hydrogen-bond donors (Lipinski definition) is 2. The average molecular weight is 344 g/mol. The van der Waals surface area contributed by atoms with Gasteiger partial charge >= 0.3 is 0 Å². The van der Waals surface area contributed by atoms with Gasteiger partial charge in [-0.05, 0) is 30.2 Å². The predicted octanol–water partition coefficient (Wildman–Crippen LogP) is 3.60. The van der Waals surface area contributed by atoms with E-state index in [1.165, 1.54) is 11.3 Å². The summed E-state index contributed by atoms with van der Waals surface area (Å²) in [5, 5.41) is 8.44. The number of carbonyl (C=O) groups is 1. The Bertz CT molecular complexity index is 911. The van der Waals surface area contributed by atoms with Crippen molar-refractivity contribution in [3.63, 3.8) is 0 Å². The minimum Gasteiger partial charge on any atom is -0.495 e. The van der Waals surface area contributed by atoms with Crippen molar-refractivity contribution in [1.82, 2.24) is 9.78 Å². The molecule has 2 aromatic heterocycles. The van der Waals surface area contributed by atoms with Crippen molar-refractivity contribution in [2.24, 2.45) is 7.05 Å². The number of anilines is 2. The minimum absolute atomic E-state index is 0.157. The number of hydrogen-bond acceptors (Lipinski definition) is 5. The molecule has 0 atom stereocenters. The van der Waals surface area contributed by atoms with E-state index in [0.29, 0.717) is 27.9 Å². The third-order valence-corrected chi connectivity index (χ3v) is 5.00. The zero-order valence-electron chi connectivity index (χ0n) is 14.1. The molecule has 0 aliphatic carbocycles. The molecule has 3 aromatic rings. The highest BCUT2D eigenvalue weighted by Crippen LogP contribution is 2.32. The summed E-state index contributed by atoms with van der Waals surface area (Å²) in [6.07, 6.45) is 0. The minimum atomic E-state index is -0.157. The maximum Gasteiger partial charge on any atom is 0.265 e. The molecule has 1 aromatic carbocycles. The Balaban J connectivity index is 1.89. The highest BCUT2D eigenvalue weighted by atomic mass is 32.1. The number of carbonyl (C=O) groups excluding carboxylic acids is 1. The molecular weight excluding hydrogens is 324 g/mol. The summed E-state index contributed by atoms with van der Waals surface area (Å²) in [5.41, 5.74) is 8.01. The second kappa shape index (κ2) is 6.16. The lowest BCUT2D eigenvalue weighted by atomic mass is 10.1. The fourth-order valence-electron chi connectivity index (χ4n) is 2.61. The number of methoxy groups -OCH3 is 1. The van der Waals surface area contributed by atoms with E-state index in [2.05, 4.69) is 24.3 Å². The van der Waals surface area contributed by atoms with Crippen LogP contribution in [0.3, 0.4) is 0 Å². The van der Waals surface area contributed by atoms with Gasteiger partial charge in [0.1, 0.15) is 10.6 Å². The van der Waals surface area contributed by atoms with Gasteiger partial charge < -0.3 is 15.8 Å². The summed E-state index contributed by atoms with van der Waals surface area (Å²) < 4.78 is 6.95. The molecule has 1 amide bonds. The molecule has 7 heteroatoms. The van der Waals surface area contributed by atoms with Gasteiger partial charge in [-0.3, -0.25) is 9.48 Å². The molecule has 0 bridgehead atoms. The van der Waals surface area contributed by atoms with E-state index >= 15 is 0 Å². The van der Waals surface area contributed by atoms with Gasteiger partial charge in [0, 0.05) is 18.1 Å². The molecule has 24 heavy (non-hydrogen) atoms. The van der Waals surface area contributed by atoms with Crippen molar-refractivity contribution in [2.75, 3.05) is 18.2 Å². The van der Waals surface area contributed by atoms with Crippen LogP contribution in [-0.4, -0.2) is 22.8 Å². The molecule has 0 radical (unpaired) electrons. The van der Waals surface area contributed by atoms with Crippen LogP contribution in [0.15, 0.2) is 24.3 Å². The second-order valence-electron chi connectivity index (χ2n) is 5.90. The van der Waals surface area contributed by atoms with Gasteiger partial charge in [0.25, 0.3) is 5.91 Å². The van der Waals surface area contributed by atoms with Gasteiger partial charge in [0.2, 0.25) is 0 Å². The molecule has 0 spiro atoms. The largest absolute Gasteiger partial charge is 0.495 e. The number of thiophene rings is 1. The molecular formula is C17H20N4O2S. The number of benzene rings is 1. The van der Waals surface area contributed by atoms with E-state index in [1.807, 2.05) is 17.8 Å². The lowest BCUT2D eigenvalue weighted by Crippen LogP contribution is -2.10. The van der Waals surface area contributed by atoms with Crippen molar-refractivity contribution in [2.45, 2.75) is 19.8 Å². The van der Waals surface area contributed by atoms with Crippen LogP contribution < -0.4 is 15.8 Å². The standard InChI is InChI=1S/C17H20N4O2S/c1-9(2)15-11-8-14(24-17(11)21(3)20-15)16(22)19-10-5-6-13(23-4)12(18)7-10/h5-9H,18H2,1-4H3,(H,19,22). The first-order chi connectivity index (χ1) is 11.4. The number of nitrogens with one attached hydrogen (secondary N) is 1. The number of ether oxygens (including phenoxy) is 1. The van der Waals surface area contributed by atoms with Crippen LogP contribution in [0.1, 0.15) is 35.1 Å². The molecule has 126 valence electrons. The van der Waals surface area contributed by atoms with E-state index < -0.39 is 0 Å². The van der Waals surface area contributed by atoms with Crippen LogP contribution in [0.25, 0.3) is 10.2 Å². The van der Waals surface area contributed by atoms with Crippen LogP contribution >= 0.6 is 11.3 Å². The Labute approximate surface area is 144 Å². The van der Waals surface area contributed by atoms with Gasteiger partial charge in [-0.15, -0.1) is 11.3 Å². The van der Waals surface area contributed by atoms with Crippen LogP contribution in [-0.2, 0) is 7.05 Å². The highest BCUT2D eigenvalue weighted by Gasteiger charge is 2.18. The van der Waals surface area contributed by atoms with Crippen molar-refractivity contribution in [3.8, 4) is 5.75 Å². The average Bonchev–Trinajstić information content (AvgIpc) is 3.08. The van der Waals surface area contributed by atoms with Gasteiger partial charge in [-0.25, -0.2) is 0 Å². The molecule has 6 nitrogen and oxygen atoms in total. The lowest BCUT2D eigenvalue weighted by molar-refractivity contribution is 0.103. The van der Waals surface area contributed by atoms with Crippen molar-refractivity contribution in [3.05, 3.63) is 34.8 Å². The molecule has 0 unspecified atom stereocenters. The second-order valence-corrected chi connectivity index (χ2v) is 6.93. The number of aromatic nitrogens is 2. The summed E-state index contributed by atoms with van der Waals surface area (Å²) in [6.45, 7) is 4.19. The van der Waals surface area contributed by atoms with Crippen LogP contribution in [0.2, 0.25) is 0 Å². The van der Waals surface area contributed by atoms with E-state index in [-0.39, 0.29) is 5.91 Å². The number of nitrogens with zero attached hydrogens (tertiary/aromatic N) is 2.